The fraction of sp³-hybridized carbons (Fsp3) is 0.107. The van der Waals surface area contributed by atoms with Crippen molar-refractivity contribution in [3.8, 4) is 28.1 Å². The zero-order valence-electron chi connectivity index (χ0n) is 19.8. The number of ether oxygens (including phenoxy) is 1. The monoisotopic (exact) mass is 569 g/mol. The van der Waals surface area contributed by atoms with Gasteiger partial charge in [-0.1, -0.05) is 54.1 Å². The van der Waals surface area contributed by atoms with Crippen LogP contribution in [0, 0.1) is 5.82 Å². The predicted molar refractivity (Wildman–Crippen MR) is 151 cm³/mol. The third-order valence-corrected chi connectivity index (χ3v) is 7.12. The molecule has 0 aliphatic carbocycles. The molecule has 3 aromatic carbocycles. The van der Waals surface area contributed by atoms with E-state index in [4.69, 9.17) is 27.2 Å². The third kappa shape index (κ3) is 5.95. The number of fused-ring (bicyclic) bond motifs is 1. The number of aromatic nitrogens is 2. The highest BCUT2D eigenvalue weighted by Crippen LogP contribution is 2.37. The fourth-order valence-electron chi connectivity index (χ4n) is 4.04. The molecule has 3 N–H and O–H groups in total. The summed E-state index contributed by atoms with van der Waals surface area (Å²) in [5, 5.41) is 11.6. The Morgan fingerprint density at radius 3 is 2.58 bits per heavy atom. The number of benzene rings is 3. The van der Waals surface area contributed by atoms with Crippen LogP contribution in [0.2, 0.25) is 5.02 Å². The smallest absolute Gasteiger partial charge is 0.320 e. The van der Waals surface area contributed by atoms with Crippen molar-refractivity contribution in [2.45, 2.75) is 19.1 Å². The van der Waals surface area contributed by atoms with E-state index in [0.29, 0.717) is 16.5 Å². The van der Waals surface area contributed by atoms with E-state index < -0.39 is 12.0 Å². The van der Waals surface area contributed by atoms with Gasteiger partial charge in [0.25, 0.3) is 0 Å². The number of rotatable bonds is 8. The average molecular weight is 570 g/mol. The molecule has 5 rings (SSSR count). The van der Waals surface area contributed by atoms with Crippen molar-refractivity contribution in [2.75, 3.05) is 0 Å². The number of carboxylic acids is 1. The van der Waals surface area contributed by atoms with E-state index in [9.17, 15) is 9.18 Å². The molecule has 0 amide bonds. The van der Waals surface area contributed by atoms with Crippen LogP contribution < -0.4 is 10.5 Å². The van der Waals surface area contributed by atoms with Crippen molar-refractivity contribution in [1.82, 2.24) is 9.97 Å². The predicted octanol–water partition coefficient (Wildman–Crippen LogP) is 6.77. The number of hydrogen-bond donors (Lipinski definition) is 2. The number of carboxylic acid groups (broad SMARTS) is 1. The van der Waals surface area contributed by atoms with E-state index in [-0.39, 0.29) is 31.3 Å². The van der Waals surface area contributed by atoms with Gasteiger partial charge in [0, 0.05) is 16.0 Å². The largest absolute Gasteiger partial charge is 0.480 e. The molecule has 2 heterocycles. The molecule has 2 aromatic heterocycles. The van der Waals surface area contributed by atoms with Crippen molar-refractivity contribution in [1.29, 1.82) is 0 Å². The number of hydrogen-bond acceptors (Lipinski definition) is 6. The number of halogens is 3. The van der Waals surface area contributed by atoms with E-state index >= 15 is 0 Å². The molecular formula is C28H22Cl2FN3O3S. The van der Waals surface area contributed by atoms with Gasteiger partial charge in [-0.3, -0.25) is 4.79 Å². The maximum Gasteiger partial charge on any atom is 0.320 e. The Hall–Kier alpha value is -3.56. The molecule has 0 aliphatic rings. The molecule has 0 aliphatic heterocycles. The Morgan fingerprint density at radius 2 is 1.84 bits per heavy atom. The third-order valence-electron chi connectivity index (χ3n) is 5.93. The summed E-state index contributed by atoms with van der Waals surface area (Å²) in [6.07, 6.45) is 1.71. The van der Waals surface area contributed by atoms with Gasteiger partial charge in [0.05, 0.1) is 5.52 Å². The molecule has 0 bridgehead atoms. The molecule has 0 saturated heterocycles. The van der Waals surface area contributed by atoms with E-state index in [1.165, 1.54) is 29.8 Å². The summed E-state index contributed by atoms with van der Waals surface area (Å²) < 4.78 is 20.8. The van der Waals surface area contributed by atoms with Crippen molar-refractivity contribution >= 4 is 51.5 Å². The average Bonchev–Trinajstić information content (AvgIpc) is 3.33. The van der Waals surface area contributed by atoms with Crippen LogP contribution in [0.25, 0.3) is 32.5 Å². The topological polar surface area (TPSA) is 98.3 Å². The summed E-state index contributed by atoms with van der Waals surface area (Å²) in [5.41, 5.74) is 11.4. The number of carbonyl (C=O) groups is 1. The maximum absolute atomic E-state index is 13.9. The molecule has 6 nitrogen and oxygen atoms in total. The van der Waals surface area contributed by atoms with Crippen molar-refractivity contribution < 1.29 is 19.0 Å². The molecule has 0 radical (unpaired) electrons. The standard InChI is InChI=1S/C28H21ClFN3O3S.ClH/c29-20-9-8-19(22(12-20)18-2-1-3-21(30)11-18)13-36-27-26-25(32-15-33-27)23(14-37-26)17-6-4-16(5-7-17)10-24(31)28(34)35;/h1-9,11-12,14-15,24H,10,13,31H2,(H,34,35);1H/t24-;/m0./s1. The lowest BCUT2D eigenvalue weighted by atomic mass is 10.00. The lowest BCUT2D eigenvalue weighted by Gasteiger charge is -2.12. The van der Waals surface area contributed by atoms with Crippen LogP contribution in [0.5, 0.6) is 5.88 Å². The maximum atomic E-state index is 13.9. The van der Waals surface area contributed by atoms with E-state index in [0.717, 1.165) is 38.0 Å². The summed E-state index contributed by atoms with van der Waals surface area (Å²) in [4.78, 5) is 19.9. The van der Waals surface area contributed by atoms with Crippen LogP contribution in [0.4, 0.5) is 4.39 Å². The number of nitrogens with two attached hydrogens (primary N) is 1. The van der Waals surface area contributed by atoms with Crippen LogP contribution in [-0.2, 0) is 17.8 Å². The zero-order valence-corrected chi connectivity index (χ0v) is 22.2. The van der Waals surface area contributed by atoms with Gasteiger partial charge in [-0.05, 0) is 58.5 Å². The summed E-state index contributed by atoms with van der Waals surface area (Å²) >= 11 is 7.70. The van der Waals surface area contributed by atoms with Gasteiger partial charge in [0.1, 0.15) is 29.5 Å². The molecular weight excluding hydrogens is 548 g/mol. The van der Waals surface area contributed by atoms with Gasteiger partial charge in [-0.15, -0.1) is 23.7 Å². The summed E-state index contributed by atoms with van der Waals surface area (Å²) in [6.45, 7) is 0.209. The second-order valence-corrected chi connectivity index (χ2v) is 9.77. The van der Waals surface area contributed by atoms with Crippen molar-refractivity contribution in [2.24, 2.45) is 5.73 Å². The molecule has 0 spiro atoms. The highest BCUT2D eigenvalue weighted by Gasteiger charge is 2.16. The summed E-state index contributed by atoms with van der Waals surface area (Å²) in [5.74, 6) is -0.907. The summed E-state index contributed by atoms with van der Waals surface area (Å²) in [7, 11) is 0. The molecule has 5 aromatic rings. The minimum absolute atomic E-state index is 0. The molecule has 0 saturated carbocycles. The van der Waals surface area contributed by atoms with Crippen LogP contribution in [0.15, 0.2) is 78.4 Å². The molecule has 0 unspecified atom stereocenters. The Balaban J connectivity index is 0.00000336. The SMILES string of the molecule is Cl.N[C@@H](Cc1ccc(-c2csc3c(OCc4ccc(Cl)cc4-c4cccc(F)c4)ncnc23)cc1)C(=O)O. The van der Waals surface area contributed by atoms with E-state index in [1.807, 2.05) is 41.8 Å². The lowest BCUT2D eigenvalue weighted by Crippen LogP contribution is -2.32. The van der Waals surface area contributed by atoms with Gasteiger partial charge >= 0.3 is 5.97 Å². The van der Waals surface area contributed by atoms with Crippen LogP contribution in [-0.4, -0.2) is 27.1 Å². The Bertz CT molecular complexity index is 1590. The number of nitrogens with zero attached hydrogens (tertiary/aromatic N) is 2. The highest BCUT2D eigenvalue weighted by atomic mass is 35.5. The fourth-order valence-corrected chi connectivity index (χ4v) is 5.19. The number of thiophene rings is 1. The summed E-state index contributed by atoms with van der Waals surface area (Å²) in [6, 6.07) is 18.4. The van der Waals surface area contributed by atoms with Crippen LogP contribution >= 0.6 is 35.3 Å². The zero-order chi connectivity index (χ0) is 25.9. The van der Waals surface area contributed by atoms with Gasteiger partial charge in [0.2, 0.25) is 5.88 Å². The van der Waals surface area contributed by atoms with Crippen molar-refractivity contribution in [3.05, 3.63) is 100 Å². The molecule has 194 valence electrons. The normalized spacial score (nSPS) is 11.7. The Labute approximate surface area is 233 Å². The van der Waals surface area contributed by atoms with Gasteiger partial charge in [-0.2, -0.15) is 0 Å². The first-order valence-electron chi connectivity index (χ1n) is 11.4. The van der Waals surface area contributed by atoms with Crippen LogP contribution in [0.3, 0.4) is 0 Å². The first kappa shape index (κ1) is 27.5. The van der Waals surface area contributed by atoms with Crippen LogP contribution in [0.1, 0.15) is 11.1 Å². The highest BCUT2D eigenvalue weighted by molar-refractivity contribution is 7.18. The molecule has 10 heteroatoms. The molecule has 0 fully saturated rings. The van der Waals surface area contributed by atoms with Gasteiger partial charge in [-0.25, -0.2) is 14.4 Å². The second kappa shape index (κ2) is 11.9. The Kier molecular flexibility index (Phi) is 8.58. The first-order chi connectivity index (χ1) is 17.9. The minimum Gasteiger partial charge on any atom is -0.480 e. The van der Waals surface area contributed by atoms with Gasteiger partial charge in [0.15, 0.2) is 0 Å². The van der Waals surface area contributed by atoms with E-state index in [1.54, 1.807) is 18.2 Å². The van der Waals surface area contributed by atoms with Crippen molar-refractivity contribution in [3.63, 3.8) is 0 Å². The van der Waals surface area contributed by atoms with E-state index in [2.05, 4.69) is 9.97 Å². The first-order valence-corrected chi connectivity index (χ1v) is 12.6. The molecule has 38 heavy (non-hydrogen) atoms. The quantitative estimate of drug-likeness (QED) is 0.214. The minimum atomic E-state index is -1.03. The molecule has 1 atom stereocenters. The van der Waals surface area contributed by atoms with Gasteiger partial charge < -0.3 is 15.6 Å². The number of aliphatic carboxylic acids is 1. The second-order valence-electron chi connectivity index (χ2n) is 8.45. The Morgan fingerprint density at radius 1 is 1.05 bits per heavy atom. The lowest BCUT2D eigenvalue weighted by molar-refractivity contribution is -0.138.